The Kier molecular flexibility index (Phi) is 5.94. The molecule has 3 nitrogen and oxygen atoms in total. The van der Waals surface area contributed by atoms with E-state index < -0.39 is 0 Å². The molecular weight excluding hydrogens is 354 g/mol. The first kappa shape index (κ1) is 19.6. The molecule has 1 fully saturated rings. The van der Waals surface area contributed by atoms with E-state index >= 15 is 0 Å². The monoisotopic (exact) mass is 383 g/mol. The van der Waals surface area contributed by atoms with Crippen molar-refractivity contribution in [3.05, 3.63) is 83.4 Å². The zero-order valence-electron chi connectivity index (χ0n) is 17.1. The number of hydrogen-bond acceptors (Lipinski definition) is 3. The van der Waals surface area contributed by atoms with Crippen molar-refractivity contribution >= 4 is 10.8 Å². The van der Waals surface area contributed by atoms with Gasteiger partial charge in [-0.15, -0.1) is 0 Å². The van der Waals surface area contributed by atoms with Gasteiger partial charge in [-0.1, -0.05) is 73.7 Å². The Hall–Kier alpha value is -2.67. The highest BCUT2D eigenvalue weighted by molar-refractivity contribution is 5.85. The van der Waals surface area contributed by atoms with E-state index in [1.807, 2.05) is 0 Å². The molecule has 3 aromatic rings. The topological polar surface area (TPSA) is 47.9 Å². The summed E-state index contributed by atoms with van der Waals surface area (Å²) in [5, 5.41) is 19.5. The molecular formula is C26H29N3. The average molecular weight is 384 g/mol. The van der Waals surface area contributed by atoms with Gasteiger partial charge in [-0.05, 0) is 46.7 Å². The second-order valence-electron chi connectivity index (χ2n) is 7.92. The minimum absolute atomic E-state index is 0.244. The molecule has 0 saturated carbocycles. The summed E-state index contributed by atoms with van der Waals surface area (Å²) in [4.78, 5) is 0. The van der Waals surface area contributed by atoms with E-state index in [1.54, 1.807) is 0 Å². The summed E-state index contributed by atoms with van der Waals surface area (Å²) in [6.07, 6.45) is 3.50. The number of fused-ring (bicyclic) bond motifs is 1. The van der Waals surface area contributed by atoms with Gasteiger partial charge in [0.05, 0.1) is 11.7 Å². The average Bonchev–Trinajstić information content (AvgIpc) is 3.27. The third-order valence-corrected chi connectivity index (χ3v) is 6.36. The van der Waals surface area contributed by atoms with E-state index in [-0.39, 0.29) is 11.6 Å². The maximum atomic E-state index is 9.41. The van der Waals surface area contributed by atoms with Crippen LogP contribution in [0.4, 0.5) is 0 Å². The molecule has 0 aromatic heterocycles. The first-order valence-corrected chi connectivity index (χ1v) is 10.7. The Morgan fingerprint density at radius 1 is 0.897 bits per heavy atom. The van der Waals surface area contributed by atoms with Gasteiger partial charge in [-0.3, -0.25) is 10.6 Å². The van der Waals surface area contributed by atoms with Crippen LogP contribution in [-0.2, 0) is 18.5 Å². The molecule has 1 aliphatic rings. The van der Waals surface area contributed by atoms with E-state index in [9.17, 15) is 5.26 Å². The molecule has 1 saturated heterocycles. The first-order valence-electron chi connectivity index (χ1n) is 10.7. The summed E-state index contributed by atoms with van der Waals surface area (Å²) in [5.41, 5.74) is 3.75. The Morgan fingerprint density at radius 3 is 2.34 bits per heavy atom. The molecule has 29 heavy (non-hydrogen) atoms. The van der Waals surface area contributed by atoms with Crippen LogP contribution in [0.25, 0.3) is 10.8 Å². The molecule has 0 amide bonds. The largest absolute Gasteiger partial charge is 0.294 e. The fourth-order valence-corrected chi connectivity index (χ4v) is 4.90. The second kappa shape index (κ2) is 8.78. The predicted octanol–water partition coefficient (Wildman–Crippen LogP) is 4.91. The smallest absolute Gasteiger partial charge is 0.0992 e. The molecule has 1 aliphatic heterocycles. The summed E-state index contributed by atoms with van der Waals surface area (Å²) >= 11 is 0. The fourth-order valence-electron chi connectivity index (χ4n) is 4.90. The molecule has 4 rings (SSSR count). The molecule has 3 aromatic carbocycles. The minimum atomic E-state index is -0.306. The van der Waals surface area contributed by atoms with Gasteiger partial charge in [-0.25, -0.2) is 0 Å². The third kappa shape index (κ3) is 3.79. The molecule has 1 heterocycles. The van der Waals surface area contributed by atoms with Crippen molar-refractivity contribution in [3.8, 4) is 6.07 Å². The number of nitrogens with zero attached hydrogens (tertiary/aromatic N) is 1. The van der Waals surface area contributed by atoms with Crippen LogP contribution in [-0.4, -0.2) is 13.1 Å². The minimum Gasteiger partial charge on any atom is -0.294 e. The highest BCUT2D eigenvalue weighted by atomic mass is 15.3. The third-order valence-electron chi connectivity index (χ3n) is 6.36. The first-order chi connectivity index (χ1) is 14.3. The van der Waals surface area contributed by atoms with Gasteiger partial charge in [0.2, 0.25) is 0 Å². The van der Waals surface area contributed by atoms with Crippen LogP contribution in [0.5, 0.6) is 0 Å². The highest BCUT2D eigenvalue weighted by Crippen LogP contribution is 2.36. The van der Waals surface area contributed by atoms with Crippen molar-refractivity contribution < 1.29 is 0 Å². The molecule has 2 N–H and O–H groups in total. The lowest BCUT2D eigenvalue weighted by atomic mass is 9.79. The Bertz CT molecular complexity index is 1010. The zero-order valence-corrected chi connectivity index (χ0v) is 17.1. The highest BCUT2D eigenvalue weighted by Gasteiger charge is 2.42. The number of nitriles is 1. The van der Waals surface area contributed by atoms with E-state index in [1.165, 1.54) is 27.5 Å². The number of hydrogen-bond donors (Lipinski definition) is 2. The van der Waals surface area contributed by atoms with Gasteiger partial charge in [0, 0.05) is 25.4 Å². The summed E-state index contributed by atoms with van der Waals surface area (Å²) < 4.78 is 0. The molecule has 0 radical (unpaired) electrons. The Balaban J connectivity index is 1.67. The molecule has 0 bridgehead atoms. The lowest BCUT2D eigenvalue weighted by molar-refractivity contribution is 0.203. The summed E-state index contributed by atoms with van der Waals surface area (Å²) in [7, 11) is 0. The van der Waals surface area contributed by atoms with E-state index in [0.29, 0.717) is 6.42 Å². The molecule has 148 valence electrons. The van der Waals surface area contributed by atoms with Crippen molar-refractivity contribution in [1.82, 2.24) is 10.6 Å². The van der Waals surface area contributed by atoms with Gasteiger partial charge in [0.15, 0.2) is 0 Å². The van der Waals surface area contributed by atoms with Crippen LogP contribution < -0.4 is 10.6 Å². The van der Waals surface area contributed by atoms with Crippen LogP contribution in [0, 0.1) is 17.2 Å². The van der Waals surface area contributed by atoms with E-state index in [2.05, 4.69) is 90.4 Å². The Morgan fingerprint density at radius 2 is 1.55 bits per heavy atom. The SMILES string of the molecule is CCC(CC#N)C1(c2ccccc2CCc2cccc3ccccc23)NCCN1. The van der Waals surface area contributed by atoms with Crippen LogP contribution in [0.2, 0.25) is 0 Å². The lowest BCUT2D eigenvalue weighted by Gasteiger charge is -2.38. The predicted molar refractivity (Wildman–Crippen MR) is 119 cm³/mol. The van der Waals surface area contributed by atoms with Crippen molar-refractivity contribution in [2.24, 2.45) is 5.92 Å². The van der Waals surface area contributed by atoms with Gasteiger partial charge in [0.1, 0.15) is 0 Å². The standard InChI is InChI=1S/C26H29N3/c1-2-23(16-17-27)26(28-18-19-29-26)25-13-6-4-9-22(25)15-14-21-11-7-10-20-8-3-5-12-24(20)21/h3-13,23,28-29H,2,14-16,18-19H2,1H3. The van der Waals surface area contributed by atoms with E-state index in [4.69, 9.17) is 0 Å². The normalized spacial score (nSPS) is 16.6. The van der Waals surface area contributed by atoms with Gasteiger partial charge in [0.25, 0.3) is 0 Å². The lowest BCUT2D eigenvalue weighted by Crippen LogP contribution is -2.52. The molecule has 0 aliphatic carbocycles. The number of aryl methyl sites for hydroxylation is 2. The van der Waals surface area contributed by atoms with Gasteiger partial charge >= 0.3 is 0 Å². The molecule has 3 heteroatoms. The summed E-state index contributed by atoms with van der Waals surface area (Å²) in [5.74, 6) is 0.244. The van der Waals surface area contributed by atoms with Crippen molar-refractivity contribution in [2.75, 3.05) is 13.1 Å². The van der Waals surface area contributed by atoms with Crippen molar-refractivity contribution in [3.63, 3.8) is 0 Å². The summed E-state index contributed by atoms with van der Waals surface area (Å²) in [6.45, 7) is 4.04. The van der Waals surface area contributed by atoms with Crippen LogP contribution in [0.1, 0.15) is 36.5 Å². The fraction of sp³-hybridized carbons (Fsp3) is 0.346. The summed E-state index contributed by atoms with van der Waals surface area (Å²) in [6, 6.07) is 26.4. The van der Waals surface area contributed by atoms with Crippen LogP contribution in [0.15, 0.2) is 66.7 Å². The quantitative estimate of drug-likeness (QED) is 0.609. The molecule has 1 atom stereocenters. The molecule has 1 unspecified atom stereocenters. The molecule has 0 spiro atoms. The van der Waals surface area contributed by atoms with Crippen LogP contribution >= 0.6 is 0 Å². The van der Waals surface area contributed by atoms with E-state index in [0.717, 1.165) is 32.4 Å². The van der Waals surface area contributed by atoms with Gasteiger partial charge in [-0.2, -0.15) is 5.26 Å². The number of nitrogens with one attached hydrogen (secondary N) is 2. The maximum absolute atomic E-state index is 9.41. The van der Waals surface area contributed by atoms with Crippen LogP contribution in [0.3, 0.4) is 0 Å². The number of benzene rings is 3. The van der Waals surface area contributed by atoms with Crippen molar-refractivity contribution in [1.29, 1.82) is 5.26 Å². The zero-order chi connectivity index (χ0) is 20.1. The van der Waals surface area contributed by atoms with Gasteiger partial charge < -0.3 is 0 Å². The number of rotatable bonds is 7. The second-order valence-corrected chi connectivity index (χ2v) is 7.92. The Labute approximate surface area is 173 Å². The van der Waals surface area contributed by atoms with Crippen molar-refractivity contribution in [2.45, 2.75) is 38.3 Å². The maximum Gasteiger partial charge on any atom is 0.0992 e.